The van der Waals surface area contributed by atoms with Gasteiger partial charge in [0.15, 0.2) is 0 Å². The second-order valence-electron chi connectivity index (χ2n) is 5.57. The molecule has 0 spiro atoms. The van der Waals surface area contributed by atoms with E-state index in [2.05, 4.69) is 5.32 Å². The van der Waals surface area contributed by atoms with Gasteiger partial charge in [-0.05, 0) is 25.7 Å². The fourth-order valence-corrected chi connectivity index (χ4v) is 2.53. The first kappa shape index (κ1) is 16.8. The van der Waals surface area contributed by atoms with E-state index in [1.807, 2.05) is 18.7 Å². The minimum atomic E-state index is -0.411. The highest BCUT2D eigenvalue weighted by Crippen LogP contribution is 2.17. The van der Waals surface area contributed by atoms with E-state index in [4.69, 9.17) is 10.5 Å². The molecule has 0 aromatic heterocycles. The van der Waals surface area contributed by atoms with Crippen LogP contribution in [-0.2, 0) is 9.53 Å². The first-order valence-corrected chi connectivity index (χ1v) is 7.41. The monoisotopic (exact) mass is 285 g/mol. The topological polar surface area (TPSA) is 84.7 Å². The van der Waals surface area contributed by atoms with Gasteiger partial charge >= 0.3 is 6.09 Å². The van der Waals surface area contributed by atoms with Crippen LogP contribution in [-0.4, -0.2) is 49.2 Å². The fraction of sp³-hybridized carbons (Fsp3) is 0.857. The van der Waals surface area contributed by atoms with Crippen molar-refractivity contribution in [3.8, 4) is 0 Å². The van der Waals surface area contributed by atoms with Crippen LogP contribution in [0.2, 0.25) is 0 Å². The molecule has 1 saturated heterocycles. The van der Waals surface area contributed by atoms with Crippen LogP contribution < -0.4 is 11.1 Å². The summed E-state index contributed by atoms with van der Waals surface area (Å²) in [5, 5.41) is 2.80. The molecular weight excluding hydrogens is 258 g/mol. The van der Waals surface area contributed by atoms with Crippen molar-refractivity contribution in [2.45, 2.75) is 39.7 Å². The third kappa shape index (κ3) is 4.67. The highest BCUT2D eigenvalue weighted by molar-refractivity contribution is 5.79. The molecule has 116 valence electrons. The fourth-order valence-electron chi connectivity index (χ4n) is 2.53. The Bertz CT molecular complexity index is 334. The number of likely N-dealkylation sites (tertiary alicyclic amines) is 1. The van der Waals surface area contributed by atoms with Gasteiger partial charge in [0.25, 0.3) is 0 Å². The van der Waals surface area contributed by atoms with Crippen molar-refractivity contribution in [1.29, 1.82) is 0 Å². The Hall–Kier alpha value is -1.30. The smallest absolute Gasteiger partial charge is 0.407 e. The zero-order valence-electron chi connectivity index (χ0n) is 12.7. The number of carbonyl (C=O) groups is 2. The zero-order chi connectivity index (χ0) is 15.1. The number of rotatable bonds is 5. The second kappa shape index (κ2) is 8.09. The molecule has 1 fully saturated rings. The van der Waals surface area contributed by atoms with E-state index in [1.165, 1.54) is 0 Å². The predicted octanol–water partition coefficient (Wildman–Crippen LogP) is 0.954. The number of hydrogen-bond acceptors (Lipinski definition) is 4. The maximum Gasteiger partial charge on any atom is 0.407 e. The Kier molecular flexibility index (Phi) is 6.78. The van der Waals surface area contributed by atoms with E-state index in [-0.39, 0.29) is 23.8 Å². The lowest BCUT2D eigenvalue weighted by atomic mass is 9.93. The summed E-state index contributed by atoms with van der Waals surface area (Å²) in [7, 11) is 0. The number of piperidine rings is 1. The lowest BCUT2D eigenvalue weighted by Crippen LogP contribution is -2.52. The van der Waals surface area contributed by atoms with Crippen molar-refractivity contribution < 1.29 is 14.3 Å². The van der Waals surface area contributed by atoms with Crippen molar-refractivity contribution in [2.24, 2.45) is 17.6 Å². The summed E-state index contributed by atoms with van der Waals surface area (Å²) in [5.41, 5.74) is 5.70. The van der Waals surface area contributed by atoms with Crippen molar-refractivity contribution in [1.82, 2.24) is 10.2 Å². The SMILES string of the molecule is CCOC(=O)NC1CCCN(C(=O)C(CN)C(C)C)C1. The van der Waals surface area contributed by atoms with Crippen LogP contribution in [0.5, 0.6) is 0 Å². The molecule has 1 rings (SSSR count). The highest BCUT2D eigenvalue weighted by atomic mass is 16.5. The molecule has 1 aliphatic rings. The summed E-state index contributed by atoms with van der Waals surface area (Å²) in [6.07, 6.45) is 1.35. The molecule has 20 heavy (non-hydrogen) atoms. The maximum absolute atomic E-state index is 12.4. The van der Waals surface area contributed by atoms with E-state index in [0.29, 0.717) is 19.7 Å². The van der Waals surface area contributed by atoms with Gasteiger partial charge in [-0.3, -0.25) is 4.79 Å². The molecule has 2 amide bonds. The van der Waals surface area contributed by atoms with Gasteiger partial charge in [0.05, 0.1) is 12.5 Å². The van der Waals surface area contributed by atoms with Crippen LogP contribution in [0.4, 0.5) is 4.79 Å². The summed E-state index contributed by atoms with van der Waals surface area (Å²) < 4.78 is 4.87. The van der Waals surface area contributed by atoms with Gasteiger partial charge in [-0.15, -0.1) is 0 Å². The van der Waals surface area contributed by atoms with Crippen molar-refractivity contribution in [3.63, 3.8) is 0 Å². The van der Waals surface area contributed by atoms with Gasteiger partial charge in [-0.25, -0.2) is 4.79 Å². The Morgan fingerprint density at radius 3 is 2.70 bits per heavy atom. The minimum Gasteiger partial charge on any atom is -0.450 e. The summed E-state index contributed by atoms with van der Waals surface area (Å²) in [4.78, 5) is 25.7. The zero-order valence-corrected chi connectivity index (χ0v) is 12.7. The standard InChI is InChI=1S/C14H27N3O3/c1-4-20-14(19)16-11-6-5-7-17(9-11)13(18)12(8-15)10(2)3/h10-12H,4-9,15H2,1-3H3,(H,16,19). The van der Waals surface area contributed by atoms with Crippen LogP contribution in [0.1, 0.15) is 33.6 Å². The van der Waals surface area contributed by atoms with E-state index in [0.717, 1.165) is 19.4 Å². The predicted molar refractivity (Wildman–Crippen MR) is 77.1 cm³/mol. The molecule has 0 saturated carbocycles. The molecule has 1 aliphatic heterocycles. The first-order valence-electron chi connectivity index (χ1n) is 7.41. The number of nitrogens with zero attached hydrogens (tertiary/aromatic N) is 1. The Morgan fingerprint density at radius 1 is 1.45 bits per heavy atom. The van der Waals surface area contributed by atoms with Crippen molar-refractivity contribution >= 4 is 12.0 Å². The summed E-state index contributed by atoms with van der Waals surface area (Å²) >= 11 is 0. The number of alkyl carbamates (subject to hydrolysis) is 1. The van der Waals surface area contributed by atoms with Gasteiger partial charge in [0.1, 0.15) is 0 Å². The van der Waals surface area contributed by atoms with Crippen LogP contribution in [0.15, 0.2) is 0 Å². The van der Waals surface area contributed by atoms with Crippen LogP contribution in [0.3, 0.4) is 0 Å². The normalized spacial score (nSPS) is 20.6. The largest absolute Gasteiger partial charge is 0.450 e. The molecule has 1 heterocycles. The van der Waals surface area contributed by atoms with E-state index in [9.17, 15) is 9.59 Å². The average Bonchev–Trinajstić information content (AvgIpc) is 2.39. The number of amides is 2. The Labute approximate surface area is 121 Å². The molecule has 2 unspecified atom stereocenters. The molecule has 6 heteroatoms. The van der Waals surface area contributed by atoms with Crippen LogP contribution in [0.25, 0.3) is 0 Å². The number of nitrogens with one attached hydrogen (secondary N) is 1. The second-order valence-corrected chi connectivity index (χ2v) is 5.57. The van der Waals surface area contributed by atoms with E-state index in [1.54, 1.807) is 6.92 Å². The van der Waals surface area contributed by atoms with Gasteiger partial charge in [-0.1, -0.05) is 13.8 Å². The third-order valence-corrected chi connectivity index (χ3v) is 3.71. The van der Waals surface area contributed by atoms with Crippen LogP contribution >= 0.6 is 0 Å². The van der Waals surface area contributed by atoms with Crippen LogP contribution in [0, 0.1) is 11.8 Å². The molecule has 3 N–H and O–H groups in total. The quantitative estimate of drug-likeness (QED) is 0.788. The summed E-state index contributed by atoms with van der Waals surface area (Å²) in [6.45, 7) is 7.78. The first-order chi connectivity index (χ1) is 9.49. The average molecular weight is 285 g/mol. The maximum atomic E-state index is 12.4. The summed E-state index contributed by atoms with van der Waals surface area (Å²) in [6, 6.07) is -0.0302. The van der Waals surface area contributed by atoms with Crippen molar-refractivity contribution in [2.75, 3.05) is 26.2 Å². The Balaban J connectivity index is 2.55. The summed E-state index contributed by atoms with van der Waals surface area (Å²) in [5.74, 6) is 0.181. The van der Waals surface area contributed by atoms with E-state index >= 15 is 0 Å². The number of carbonyl (C=O) groups excluding carboxylic acids is 2. The lowest BCUT2D eigenvalue weighted by molar-refractivity contribution is -0.138. The highest BCUT2D eigenvalue weighted by Gasteiger charge is 2.30. The molecule has 6 nitrogen and oxygen atoms in total. The van der Waals surface area contributed by atoms with Gasteiger partial charge in [0, 0.05) is 25.7 Å². The number of nitrogens with two attached hydrogens (primary N) is 1. The van der Waals surface area contributed by atoms with Gasteiger partial charge < -0.3 is 20.7 Å². The van der Waals surface area contributed by atoms with Gasteiger partial charge in [-0.2, -0.15) is 0 Å². The molecular formula is C14H27N3O3. The molecule has 2 atom stereocenters. The van der Waals surface area contributed by atoms with E-state index < -0.39 is 6.09 Å². The lowest BCUT2D eigenvalue weighted by Gasteiger charge is -2.35. The molecule has 0 aromatic carbocycles. The molecule has 0 aromatic rings. The number of hydrogen-bond donors (Lipinski definition) is 2. The van der Waals surface area contributed by atoms with Gasteiger partial charge in [0.2, 0.25) is 5.91 Å². The van der Waals surface area contributed by atoms with Crippen molar-refractivity contribution in [3.05, 3.63) is 0 Å². The molecule has 0 bridgehead atoms. The minimum absolute atomic E-state index is 0.0302. The number of ether oxygens (including phenoxy) is 1. The third-order valence-electron chi connectivity index (χ3n) is 3.71. The molecule has 0 aliphatic carbocycles. The molecule has 0 radical (unpaired) electrons. The Morgan fingerprint density at radius 2 is 2.15 bits per heavy atom.